The van der Waals surface area contributed by atoms with Crippen molar-refractivity contribution in [1.29, 1.82) is 0 Å². The lowest BCUT2D eigenvalue weighted by molar-refractivity contribution is -0.121. The molecule has 1 aliphatic rings. The summed E-state index contributed by atoms with van der Waals surface area (Å²) in [6.07, 6.45) is 2.69. The van der Waals surface area contributed by atoms with Gasteiger partial charge in [-0.15, -0.1) is 0 Å². The zero-order valence-corrected chi connectivity index (χ0v) is 16.2. The third-order valence-corrected chi connectivity index (χ3v) is 5.14. The van der Waals surface area contributed by atoms with Crippen LogP contribution in [0.4, 0.5) is 14.9 Å². The number of nitrogens with zero attached hydrogens (tertiary/aromatic N) is 1. The number of amides is 4. The number of imide groups is 1. The van der Waals surface area contributed by atoms with Crippen LogP contribution < -0.4 is 15.5 Å². The average molecular weight is 408 g/mol. The van der Waals surface area contributed by atoms with Gasteiger partial charge in [0, 0.05) is 30.1 Å². The van der Waals surface area contributed by atoms with E-state index in [2.05, 4.69) is 15.6 Å². The van der Waals surface area contributed by atoms with E-state index in [1.54, 1.807) is 42.6 Å². The molecule has 8 heteroatoms. The highest BCUT2D eigenvalue weighted by molar-refractivity contribution is 6.21. The van der Waals surface area contributed by atoms with Gasteiger partial charge in [-0.1, -0.05) is 18.2 Å². The van der Waals surface area contributed by atoms with Crippen LogP contribution >= 0.6 is 0 Å². The van der Waals surface area contributed by atoms with Crippen molar-refractivity contribution in [3.05, 3.63) is 66.1 Å². The number of fused-ring (bicyclic) bond motifs is 1. The first-order chi connectivity index (χ1) is 14.5. The van der Waals surface area contributed by atoms with Gasteiger partial charge in [-0.25, -0.2) is 14.1 Å². The van der Waals surface area contributed by atoms with Crippen molar-refractivity contribution in [3.63, 3.8) is 0 Å². The standard InChI is InChI=1S/C22H21FN4O3/c23-15-6-7-18-17(12-15)14(13-25-18)10-11-24-20(28)9-8-19-21(29)27(22(30)26-19)16-4-2-1-3-5-16/h1-7,12-13,19,25H,8-11H2,(H,24,28)(H,26,30). The predicted octanol–water partition coefficient (Wildman–Crippen LogP) is 2.87. The number of benzene rings is 2. The van der Waals surface area contributed by atoms with Gasteiger partial charge < -0.3 is 15.6 Å². The van der Waals surface area contributed by atoms with Crippen molar-refractivity contribution in [1.82, 2.24) is 15.6 Å². The number of aromatic amines is 1. The highest BCUT2D eigenvalue weighted by Gasteiger charge is 2.38. The largest absolute Gasteiger partial charge is 0.361 e. The molecule has 0 saturated carbocycles. The second-order valence-corrected chi connectivity index (χ2v) is 7.15. The lowest BCUT2D eigenvalue weighted by atomic mass is 10.1. The number of urea groups is 1. The van der Waals surface area contributed by atoms with Crippen molar-refractivity contribution in [2.45, 2.75) is 25.3 Å². The fourth-order valence-electron chi connectivity index (χ4n) is 3.61. The molecule has 2 heterocycles. The van der Waals surface area contributed by atoms with Gasteiger partial charge in [0.05, 0.1) is 5.69 Å². The minimum absolute atomic E-state index is 0.113. The molecule has 4 amide bonds. The second-order valence-electron chi connectivity index (χ2n) is 7.15. The number of carbonyl (C=O) groups excluding carboxylic acids is 3. The molecule has 0 radical (unpaired) electrons. The molecule has 1 aliphatic heterocycles. The van der Waals surface area contributed by atoms with E-state index < -0.39 is 12.1 Å². The monoisotopic (exact) mass is 408 g/mol. The van der Waals surface area contributed by atoms with E-state index in [1.807, 2.05) is 0 Å². The molecule has 1 saturated heterocycles. The van der Waals surface area contributed by atoms with Crippen molar-refractivity contribution >= 4 is 34.4 Å². The summed E-state index contributed by atoms with van der Waals surface area (Å²) in [6, 6.07) is 12.0. The van der Waals surface area contributed by atoms with Gasteiger partial charge in [0.25, 0.3) is 5.91 Å². The molecule has 0 aliphatic carbocycles. The Kier molecular flexibility index (Phi) is 5.47. The number of anilines is 1. The van der Waals surface area contributed by atoms with Crippen molar-refractivity contribution in [3.8, 4) is 0 Å². The molecule has 3 aromatic rings. The Bertz CT molecular complexity index is 1100. The molecule has 1 aromatic heterocycles. The zero-order valence-electron chi connectivity index (χ0n) is 16.2. The first kappa shape index (κ1) is 19.6. The van der Waals surface area contributed by atoms with Crippen LogP contribution in [-0.4, -0.2) is 35.4 Å². The topological polar surface area (TPSA) is 94.3 Å². The van der Waals surface area contributed by atoms with Crippen LogP contribution in [0.3, 0.4) is 0 Å². The van der Waals surface area contributed by atoms with E-state index in [9.17, 15) is 18.8 Å². The summed E-state index contributed by atoms with van der Waals surface area (Å²) in [4.78, 5) is 41.0. The summed E-state index contributed by atoms with van der Waals surface area (Å²) in [7, 11) is 0. The van der Waals surface area contributed by atoms with E-state index in [0.29, 0.717) is 18.7 Å². The second kappa shape index (κ2) is 8.36. The number of H-pyrrole nitrogens is 1. The van der Waals surface area contributed by atoms with Crippen LogP contribution in [0.1, 0.15) is 18.4 Å². The van der Waals surface area contributed by atoms with Crippen LogP contribution in [-0.2, 0) is 16.0 Å². The number of hydrogen-bond donors (Lipinski definition) is 3. The van der Waals surface area contributed by atoms with Crippen molar-refractivity contribution < 1.29 is 18.8 Å². The summed E-state index contributed by atoms with van der Waals surface area (Å²) < 4.78 is 13.4. The minimum Gasteiger partial charge on any atom is -0.361 e. The number of rotatable bonds is 7. The summed E-state index contributed by atoms with van der Waals surface area (Å²) >= 11 is 0. The van der Waals surface area contributed by atoms with Gasteiger partial charge in [0.15, 0.2) is 0 Å². The Labute approximate surface area is 172 Å². The maximum atomic E-state index is 13.4. The quantitative estimate of drug-likeness (QED) is 0.525. The lowest BCUT2D eigenvalue weighted by Crippen LogP contribution is -2.33. The third-order valence-electron chi connectivity index (χ3n) is 5.14. The molecule has 1 unspecified atom stereocenters. The van der Waals surface area contributed by atoms with Crippen LogP contribution in [0.25, 0.3) is 10.9 Å². The molecule has 3 N–H and O–H groups in total. The third kappa shape index (κ3) is 4.03. The Morgan fingerprint density at radius 3 is 2.73 bits per heavy atom. The number of para-hydroxylation sites is 1. The Morgan fingerprint density at radius 2 is 1.93 bits per heavy atom. The highest BCUT2D eigenvalue weighted by atomic mass is 19.1. The molecule has 4 rings (SSSR count). The minimum atomic E-state index is -0.722. The summed E-state index contributed by atoms with van der Waals surface area (Å²) in [5.41, 5.74) is 2.26. The maximum absolute atomic E-state index is 13.4. The van der Waals surface area contributed by atoms with Gasteiger partial charge in [-0.3, -0.25) is 9.59 Å². The zero-order chi connectivity index (χ0) is 21.1. The van der Waals surface area contributed by atoms with E-state index >= 15 is 0 Å². The Hall–Kier alpha value is -3.68. The number of carbonyl (C=O) groups is 3. The summed E-state index contributed by atoms with van der Waals surface area (Å²) in [5.74, 6) is -0.874. The molecule has 2 aromatic carbocycles. The molecule has 154 valence electrons. The van der Waals surface area contributed by atoms with Crippen molar-refractivity contribution in [2.24, 2.45) is 0 Å². The highest BCUT2D eigenvalue weighted by Crippen LogP contribution is 2.21. The van der Waals surface area contributed by atoms with Crippen LogP contribution in [0.5, 0.6) is 0 Å². The molecule has 0 spiro atoms. The molecule has 30 heavy (non-hydrogen) atoms. The molecular weight excluding hydrogens is 387 g/mol. The van der Waals surface area contributed by atoms with Gasteiger partial charge in [0.1, 0.15) is 11.9 Å². The smallest absolute Gasteiger partial charge is 0.329 e. The molecule has 1 atom stereocenters. The number of aromatic nitrogens is 1. The predicted molar refractivity (Wildman–Crippen MR) is 110 cm³/mol. The summed E-state index contributed by atoms with van der Waals surface area (Å²) in [6.45, 7) is 0.392. The lowest BCUT2D eigenvalue weighted by Gasteiger charge is -2.12. The number of halogens is 1. The number of nitrogens with one attached hydrogen (secondary N) is 3. The SMILES string of the molecule is O=C(CCC1NC(=O)N(c2ccccc2)C1=O)NCCc1c[nH]c2ccc(F)cc12. The van der Waals surface area contributed by atoms with Gasteiger partial charge >= 0.3 is 6.03 Å². The van der Waals surface area contributed by atoms with Crippen LogP contribution in [0, 0.1) is 5.82 Å². The van der Waals surface area contributed by atoms with E-state index in [0.717, 1.165) is 21.4 Å². The molecule has 0 bridgehead atoms. The van der Waals surface area contributed by atoms with Crippen LogP contribution in [0.2, 0.25) is 0 Å². The fraction of sp³-hybridized carbons (Fsp3) is 0.227. The maximum Gasteiger partial charge on any atom is 0.329 e. The first-order valence-electron chi connectivity index (χ1n) is 9.74. The molecule has 1 fully saturated rings. The van der Waals surface area contributed by atoms with E-state index in [1.165, 1.54) is 12.1 Å². The Morgan fingerprint density at radius 1 is 1.13 bits per heavy atom. The fourth-order valence-corrected chi connectivity index (χ4v) is 3.61. The van der Waals surface area contributed by atoms with Gasteiger partial charge in [-0.05, 0) is 48.7 Å². The first-order valence-corrected chi connectivity index (χ1v) is 9.74. The van der Waals surface area contributed by atoms with E-state index in [-0.39, 0.29) is 30.5 Å². The average Bonchev–Trinajstić information content (AvgIpc) is 3.26. The van der Waals surface area contributed by atoms with Crippen molar-refractivity contribution in [2.75, 3.05) is 11.4 Å². The normalized spacial score (nSPS) is 16.2. The van der Waals surface area contributed by atoms with E-state index in [4.69, 9.17) is 0 Å². The Balaban J connectivity index is 1.26. The molecule has 7 nitrogen and oxygen atoms in total. The van der Waals surface area contributed by atoms with Crippen LogP contribution in [0.15, 0.2) is 54.7 Å². The number of hydrogen-bond acceptors (Lipinski definition) is 3. The van der Waals surface area contributed by atoms with Gasteiger partial charge in [0.2, 0.25) is 5.91 Å². The molecular formula is C22H21FN4O3. The van der Waals surface area contributed by atoms with Gasteiger partial charge in [-0.2, -0.15) is 0 Å². The summed E-state index contributed by atoms with van der Waals surface area (Å²) in [5, 5.41) is 6.23.